The number of nitriles is 2. The molecule has 0 unspecified atom stereocenters. The van der Waals surface area contributed by atoms with Gasteiger partial charge in [0.05, 0.1) is 12.2 Å². The van der Waals surface area contributed by atoms with Crippen molar-refractivity contribution < 1.29 is 19.1 Å². The van der Waals surface area contributed by atoms with Gasteiger partial charge in [0, 0.05) is 10.4 Å². The molecule has 0 radical (unpaired) electrons. The lowest BCUT2D eigenvalue weighted by Crippen LogP contribution is -2.16. The number of esters is 1. The Labute approximate surface area is 184 Å². The van der Waals surface area contributed by atoms with Crippen LogP contribution in [0.15, 0.2) is 29.8 Å². The normalized spacial score (nSPS) is 12.8. The van der Waals surface area contributed by atoms with Crippen molar-refractivity contribution in [1.29, 1.82) is 10.5 Å². The summed E-state index contributed by atoms with van der Waals surface area (Å²) in [6.45, 7) is 1.82. The second-order valence-corrected chi connectivity index (χ2v) is 7.85. The molecule has 8 heteroatoms. The monoisotopic (exact) mass is 435 g/mol. The largest absolute Gasteiger partial charge is 0.478 e. The summed E-state index contributed by atoms with van der Waals surface area (Å²) in [7, 11) is 0. The minimum Gasteiger partial charge on any atom is -0.478 e. The summed E-state index contributed by atoms with van der Waals surface area (Å²) in [6.07, 6.45) is 5.03. The molecule has 1 amide bonds. The molecular formula is C23H21N3O4S. The molecule has 3 rings (SSSR count). The van der Waals surface area contributed by atoms with Crippen LogP contribution < -0.4 is 10.1 Å². The van der Waals surface area contributed by atoms with Gasteiger partial charge in [-0.25, -0.2) is 4.79 Å². The molecule has 7 nitrogen and oxygen atoms in total. The molecule has 0 aliphatic heterocycles. The Balaban J connectivity index is 1.91. The van der Waals surface area contributed by atoms with Crippen LogP contribution in [0, 0.1) is 22.7 Å². The van der Waals surface area contributed by atoms with E-state index in [1.807, 2.05) is 12.1 Å². The number of benzene rings is 1. The van der Waals surface area contributed by atoms with E-state index >= 15 is 0 Å². The fourth-order valence-corrected chi connectivity index (χ4v) is 4.66. The number of carbonyl (C=O) groups excluding carboxylic acids is 2. The lowest BCUT2D eigenvalue weighted by atomic mass is 9.95. The fraction of sp³-hybridized carbons (Fsp3) is 0.304. The maximum atomic E-state index is 12.9. The van der Waals surface area contributed by atoms with Crippen molar-refractivity contribution in [2.45, 2.75) is 32.6 Å². The van der Waals surface area contributed by atoms with Crippen LogP contribution in [0.3, 0.4) is 0 Å². The summed E-state index contributed by atoms with van der Waals surface area (Å²) in [5, 5.41) is 21.4. The van der Waals surface area contributed by atoms with Gasteiger partial charge >= 0.3 is 5.97 Å². The van der Waals surface area contributed by atoms with Gasteiger partial charge in [-0.3, -0.25) is 4.79 Å². The van der Waals surface area contributed by atoms with Crippen molar-refractivity contribution in [3.05, 3.63) is 51.4 Å². The topological polar surface area (TPSA) is 112 Å². The standard InChI is InChI=1S/C23H21N3O4S/c1-2-29-23(28)20-17-8-4-6-10-19(17)31-22(20)26-21(27)16(14-25)13-15-7-3-5-9-18(15)30-12-11-24/h3,5,7,9,13H,2,4,6,8,10,12H2,1H3,(H,26,27)/b16-13+. The number of thiophene rings is 1. The fourth-order valence-electron chi connectivity index (χ4n) is 3.39. The third kappa shape index (κ3) is 5.11. The van der Waals surface area contributed by atoms with Crippen LogP contribution in [-0.4, -0.2) is 25.1 Å². The predicted octanol–water partition coefficient (Wildman–Crippen LogP) is 4.25. The Morgan fingerprint density at radius 1 is 1.23 bits per heavy atom. The number of aryl methyl sites for hydroxylation is 1. The number of nitrogens with zero attached hydrogens (tertiary/aromatic N) is 2. The lowest BCUT2D eigenvalue weighted by molar-refractivity contribution is -0.112. The van der Waals surface area contributed by atoms with E-state index < -0.39 is 11.9 Å². The Bertz CT molecular complexity index is 1110. The number of rotatable bonds is 7. The lowest BCUT2D eigenvalue weighted by Gasteiger charge is -2.12. The van der Waals surface area contributed by atoms with Gasteiger partial charge in [-0.2, -0.15) is 10.5 Å². The maximum absolute atomic E-state index is 12.9. The van der Waals surface area contributed by atoms with Crippen LogP contribution in [0.5, 0.6) is 5.75 Å². The molecule has 31 heavy (non-hydrogen) atoms. The number of fused-ring (bicyclic) bond motifs is 1. The minimum absolute atomic E-state index is 0.144. The zero-order chi connectivity index (χ0) is 22.2. The van der Waals surface area contributed by atoms with Crippen LogP contribution in [0.4, 0.5) is 5.00 Å². The van der Waals surface area contributed by atoms with E-state index in [9.17, 15) is 14.9 Å². The number of ether oxygens (including phenoxy) is 2. The molecule has 0 fully saturated rings. The van der Waals surface area contributed by atoms with Crippen molar-refractivity contribution in [3.8, 4) is 17.9 Å². The minimum atomic E-state index is -0.623. The van der Waals surface area contributed by atoms with Gasteiger partial charge in [-0.05, 0) is 50.3 Å². The van der Waals surface area contributed by atoms with E-state index in [0.717, 1.165) is 36.1 Å². The highest BCUT2D eigenvalue weighted by atomic mass is 32.1. The average Bonchev–Trinajstić information content (AvgIpc) is 3.14. The van der Waals surface area contributed by atoms with E-state index in [-0.39, 0.29) is 18.8 Å². The molecule has 1 aliphatic rings. The Morgan fingerprint density at radius 2 is 2.00 bits per heavy atom. The number of hydrogen-bond acceptors (Lipinski definition) is 7. The highest BCUT2D eigenvalue weighted by Crippen LogP contribution is 2.38. The molecule has 0 atom stereocenters. The molecule has 1 aliphatic carbocycles. The second kappa shape index (κ2) is 10.4. The molecule has 0 bridgehead atoms. The van der Waals surface area contributed by atoms with Crippen molar-refractivity contribution in [3.63, 3.8) is 0 Å². The zero-order valence-corrected chi connectivity index (χ0v) is 17.9. The molecule has 0 saturated carbocycles. The second-order valence-electron chi connectivity index (χ2n) is 6.74. The number of anilines is 1. The van der Waals surface area contributed by atoms with Gasteiger partial charge in [0.15, 0.2) is 6.61 Å². The molecule has 1 heterocycles. The first-order chi connectivity index (χ1) is 15.1. The summed E-state index contributed by atoms with van der Waals surface area (Å²) in [5.41, 5.74) is 1.68. The van der Waals surface area contributed by atoms with E-state index in [2.05, 4.69) is 5.32 Å². The van der Waals surface area contributed by atoms with Gasteiger partial charge in [0.2, 0.25) is 0 Å². The summed E-state index contributed by atoms with van der Waals surface area (Å²) in [5.74, 6) is -0.694. The van der Waals surface area contributed by atoms with Gasteiger partial charge in [0.25, 0.3) is 5.91 Å². The molecular weight excluding hydrogens is 414 g/mol. The zero-order valence-electron chi connectivity index (χ0n) is 17.1. The SMILES string of the molecule is CCOC(=O)c1c(NC(=O)/C(C#N)=C/c2ccccc2OCC#N)sc2c1CCCC2. The van der Waals surface area contributed by atoms with Gasteiger partial charge < -0.3 is 14.8 Å². The molecule has 0 spiro atoms. The van der Waals surface area contributed by atoms with Crippen molar-refractivity contribution >= 4 is 34.3 Å². The summed E-state index contributed by atoms with van der Waals surface area (Å²) in [4.78, 5) is 26.5. The van der Waals surface area contributed by atoms with Crippen LogP contribution in [0.2, 0.25) is 0 Å². The van der Waals surface area contributed by atoms with Crippen molar-refractivity contribution in [2.24, 2.45) is 0 Å². The smallest absolute Gasteiger partial charge is 0.341 e. The van der Waals surface area contributed by atoms with Crippen LogP contribution in [0.1, 0.15) is 46.1 Å². The third-order valence-corrected chi connectivity index (χ3v) is 5.96. The first kappa shape index (κ1) is 22.1. The van der Waals surface area contributed by atoms with E-state index in [4.69, 9.17) is 14.7 Å². The van der Waals surface area contributed by atoms with Crippen molar-refractivity contribution in [2.75, 3.05) is 18.5 Å². The Kier molecular flexibility index (Phi) is 7.42. The first-order valence-electron chi connectivity index (χ1n) is 9.92. The number of amides is 1. The van der Waals surface area contributed by atoms with Crippen LogP contribution in [0.25, 0.3) is 6.08 Å². The van der Waals surface area contributed by atoms with Crippen LogP contribution in [-0.2, 0) is 22.4 Å². The molecule has 1 N–H and O–H groups in total. The number of hydrogen-bond donors (Lipinski definition) is 1. The number of para-hydroxylation sites is 1. The Morgan fingerprint density at radius 3 is 2.74 bits per heavy atom. The third-order valence-electron chi connectivity index (χ3n) is 4.75. The van der Waals surface area contributed by atoms with Crippen molar-refractivity contribution in [1.82, 2.24) is 0 Å². The Hall–Kier alpha value is -3.62. The number of carbonyl (C=O) groups is 2. The quantitative estimate of drug-likeness (QED) is 0.395. The summed E-state index contributed by atoms with van der Waals surface area (Å²) >= 11 is 1.36. The van der Waals surface area contributed by atoms with Crippen LogP contribution >= 0.6 is 11.3 Å². The molecule has 0 saturated heterocycles. The number of nitrogens with one attached hydrogen (secondary N) is 1. The van der Waals surface area contributed by atoms with Gasteiger partial charge in [-0.1, -0.05) is 18.2 Å². The molecule has 1 aromatic carbocycles. The first-order valence-corrected chi connectivity index (χ1v) is 10.7. The van der Waals surface area contributed by atoms with E-state index in [0.29, 0.717) is 21.9 Å². The van der Waals surface area contributed by atoms with Gasteiger partial charge in [0.1, 0.15) is 28.5 Å². The highest BCUT2D eigenvalue weighted by molar-refractivity contribution is 7.17. The average molecular weight is 436 g/mol. The molecule has 158 valence electrons. The maximum Gasteiger partial charge on any atom is 0.341 e. The summed E-state index contributed by atoms with van der Waals surface area (Å²) in [6, 6.07) is 10.6. The van der Waals surface area contributed by atoms with E-state index in [1.165, 1.54) is 17.4 Å². The predicted molar refractivity (Wildman–Crippen MR) is 117 cm³/mol. The molecule has 2 aromatic rings. The van der Waals surface area contributed by atoms with E-state index in [1.54, 1.807) is 31.2 Å². The summed E-state index contributed by atoms with van der Waals surface area (Å²) < 4.78 is 10.6. The van der Waals surface area contributed by atoms with Gasteiger partial charge in [-0.15, -0.1) is 11.3 Å². The highest BCUT2D eigenvalue weighted by Gasteiger charge is 2.27. The molecule has 1 aromatic heterocycles.